The lowest BCUT2D eigenvalue weighted by Gasteiger charge is -2.11. The van der Waals surface area contributed by atoms with Gasteiger partial charge in [-0.05, 0) is 43.5 Å². The fourth-order valence-electron chi connectivity index (χ4n) is 1.90. The average Bonchev–Trinajstić information content (AvgIpc) is 3.27. The van der Waals surface area contributed by atoms with Gasteiger partial charge >= 0.3 is 6.18 Å². The Labute approximate surface area is 139 Å². The number of halogens is 4. The van der Waals surface area contributed by atoms with Crippen molar-refractivity contribution in [2.45, 2.75) is 19.0 Å². The van der Waals surface area contributed by atoms with Crippen LogP contribution in [0.3, 0.4) is 0 Å². The number of benzene rings is 1. The summed E-state index contributed by atoms with van der Waals surface area (Å²) in [5.74, 6) is 0.696. The molecule has 0 saturated heterocycles. The van der Waals surface area contributed by atoms with Crippen molar-refractivity contribution in [3.05, 3.63) is 29.8 Å². The van der Waals surface area contributed by atoms with E-state index in [2.05, 4.69) is 10.6 Å². The van der Waals surface area contributed by atoms with Gasteiger partial charge in [-0.1, -0.05) is 6.07 Å². The summed E-state index contributed by atoms with van der Waals surface area (Å²) < 4.78 is 42.8. The minimum Gasteiger partial charge on any atom is -0.492 e. The Kier molecular flexibility index (Phi) is 7.64. The van der Waals surface area contributed by atoms with Crippen LogP contribution in [0.15, 0.2) is 24.3 Å². The third-order valence-corrected chi connectivity index (χ3v) is 3.27. The van der Waals surface area contributed by atoms with Gasteiger partial charge in [0, 0.05) is 0 Å². The molecule has 0 radical (unpaired) electrons. The van der Waals surface area contributed by atoms with Crippen LogP contribution in [0, 0.1) is 5.92 Å². The van der Waals surface area contributed by atoms with Crippen LogP contribution in [0.5, 0.6) is 5.75 Å². The molecule has 2 N–H and O–H groups in total. The summed E-state index contributed by atoms with van der Waals surface area (Å²) in [7, 11) is 0. The van der Waals surface area contributed by atoms with Crippen molar-refractivity contribution in [3.63, 3.8) is 0 Å². The van der Waals surface area contributed by atoms with Gasteiger partial charge in [-0.25, -0.2) is 0 Å². The van der Waals surface area contributed by atoms with Crippen LogP contribution in [0.2, 0.25) is 0 Å². The molecular weight excluding hydrogens is 333 g/mol. The predicted octanol–water partition coefficient (Wildman–Crippen LogP) is 2.62. The molecule has 0 bridgehead atoms. The maximum atomic E-state index is 12.5. The number of hydrogen-bond acceptors (Lipinski definition) is 3. The van der Waals surface area contributed by atoms with Crippen molar-refractivity contribution in [2.24, 2.45) is 5.92 Å². The van der Waals surface area contributed by atoms with Crippen molar-refractivity contribution in [1.29, 1.82) is 0 Å². The van der Waals surface area contributed by atoms with E-state index >= 15 is 0 Å². The maximum absolute atomic E-state index is 12.5. The molecule has 130 valence electrons. The van der Waals surface area contributed by atoms with Gasteiger partial charge in [-0.2, -0.15) is 13.2 Å². The van der Waals surface area contributed by atoms with Gasteiger partial charge in [-0.3, -0.25) is 4.79 Å². The van der Waals surface area contributed by atoms with Crippen LogP contribution in [0.1, 0.15) is 18.4 Å². The molecule has 1 saturated carbocycles. The smallest absolute Gasteiger partial charge is 0.416 e. The van der Waals surface area contributed by atoms with E-state index in [1.807, 2.05) is 0 Å². The quantitative estimate of drug-likeness (QED) is 0.707. The largest absolute Gasteiger partial charge is 0.492 e. The fraction of sp³-hybridized carbons (Fsp3) is 0.533. The van der Waals surface area contributed by atoms with E-state index in [0.717, 1.165) is 18.7 Å². The summed E-state index contributed by atoms with van der Waals surface area (Å²) in [4.78, 5) is 11.5. The minimum absolute atomic E-state index is 0. The zero-order chi connectivity index (χ0) is 16.0. The van der Waals surface area contributed by atoms with Crippen LogP contribution in [-0.2, 0) is 11.0 Å². The lowest BCUT2D eigenvalue weighted by atomic mass is 10.2. The minimum atomic E-state index is -4.39. The third-order valence-electron chi connectivity index (χ3n) is 3.27. The molecule has 1 aromatic rings. The lowest BCUT2D eigenvalue weighted by Crippen LogP contribution is -2.36. The normalized spacial score (nSPS) is 14.0. The highest BCUT2D eigenvalue weighted by atomic mass is 35.5. The first-order valence-corrected chi connectivity index (χ1v) is 7.22. The van der Waals surface area contributed by atoms with Crippen molar-refractivity contribution in [3.8, 4) is 5.75 Å². The maximum Gasteiger partial charge on any atom is 0.416 e. The summed E-state index contributed by atoms with van der Waals surface area (Å²) in [5.41, 5.74) is -0.752. The van der Waals surface area contributed by atoms with E-state index in [0.29, 0.717) is 5.92 Å². The van der Waals surface area contributed by atoms with Crippen LogP contribution in [0.4, 0.5) is 13.2 Å². The molecule has 4 nitrogen and oxygen atoms in total. The molecule has 23 heavy (non-hydrogen) atoms. The van der Waals surface area contributed by atoms with E-state index in [9.17, 15) is 18.0 Å². The Morgan fingerprint density at radius 2 is 2.04 bits per heavy atom. The van der Waals surface area contributed by atoms with Gasteiger partial charge in [0.15, 0.2) is 0 Å². The van der Waals surface area contributed by atoms with Crippen LogP contribution in [-0.4, -0.2) is 32.1 Å². The molecule has 0 spiro atoms. The molecular formula is C15H20ClF3N2O2. The number of rotatable bonds is 8. The first-order chi connectivity index (χ1) is 10.4. The summed E-state index contributed by atoms with van der Waals surface area (Å²) in [6.45, 7) is 1.48. The SMILES string of the molecule is Cl.O=C(CNCC1CC1)NCCOc1cccc(C(F)(F)F)c1. The molecule has 0 aliphatic heterocycles. The van der Waals surface area contributed by atoms with Gasteiger partial charge in [0.1, 0.15) is 12.4 Å². The van der Waals surface area contributed by atoms with Crippen molar-refractivity contribution in [2.75, 3.05) is 26.2 Å². The Balaban J connectivity index is 0.00000264. The van der Waals surface area contributed by atoms with E-state index in [-0.39, 0.29) is 43.8 Å². The summed E-state index contributed by atoms with van der Waals surface area (Å²) in [6.07, 6.45) is -1.94. The van der Waals surface area contributed by atoms with Crippen LogP contribution < -0.4 is 15.4 Å². The molecule has 2 rings (SSSR count). The number of ether oxygens (including phenoxy) is 1. The Hall–Kier alpha value is -1.47. The molecule has 1 aromatic carbocycles. The molecule has 0 heterocycles. The van der Waals surface area contributed by atoms with E-state index < -0.39 is 11.7 Å². The van der Waals surface area contributed by atoms with E-state index in [4.69, 9.17) is 4.74 Å². The topological polar surface area (TPSA) is 50.4 Å². The highest BCUT2D eigenvalue weighted by Gasteiger charge is 2.30. The second kappa shape index (κ2) is 8.98. The number of carbonyl (C=O) groups excluding carboxylic acids is 1. The highest BCUT2D eigenvalue weighted by molar-refractivity contribution is 5.85. The number of alkyl halides is 3. The Bertz CT molecular complexity index is 508. The van der Waals surface area contributed by atoms with Crippen molar-refractivity contribution in [1.82, 2.24) is 10.6 Å². The van der Waals surface area contributed by atoms with Crippen molar-refractivity contribution < 1.29 is 22.7 Å². The average molecular weight is 353 g/mol. The number of amides is 1. The highest BCUT2D eigenvalue weighted by Crippen LogP contribution is 2.31. The molecule has 1 aliphatic rings. The third kappa shape index (κ3) is 7.56. The molecule has 0 atom stereocenters. The number of carbonyl (C=O) groups is 1. The summed E-state index contributed by atoms with van der Waals surface area (Å²) >= 11 is 0. The second-order valence-corrected chi connectivity index (χ2v) is 5.30. The van der Waals surface area contributed by atoms with Crippen molar-refractivity contribution >= 4 is 18.3 Å². The van der Waals surface area contributed by atoms with E-state index in [1.165, 1.54) is 25.0 Å². The van der Waals surface area contributed by atoms with Gasteiger partial charge in [0.25, 0.3) is 0 Å². The molecule has 1 amide bonds. The zero-order valence-corrected chi connectivity index (χ0v) is 13.3. The molecule has 0 aromatic heterocycles. The van der Waals surface area contributed by atoms with Gasteiger partial charge in [0.2, 0.25) is 5.91 Å². The Morgan fingerprint density at radius 1 is 1.30 bits per heavy atom. The fourth-order valence-corrected chi connectivity index (χ4v) is 1.90. The van der Waals surface area contributed by atoms with E-state index in [1.54, 1.807) is 0 Å². The van der Waals surface area contributed by atoms with Crippen LogP contribution >= 0.6 is 12.4 Å². The predicted molar refractivity (Wildman–Crippen MR) is 82.8 cm³/mol. The summed E-state index contributed by atoms with van der Waals surface area (Å²) in [5, 5.41) is 5.70. The first kappa shape index (κ1) is 19.6. The number of hydrogen-bond donors (Lipinski definition) is 2. The lowest BCUT2D eigenvalue weighted by molar-refractivity contribution is -0.137. The molecule has 8 heteroatoms. The van der Waals surface area contributed by atoms with Gasteiger partial charge in [0.05, 0.1) is 18.7 Å². The zero-order valence-electron chi connectivity index (χ0n) is 12.5. The Morgan fingerprint density at radius 3 is 2.70 bits per heavy atom. The first-order valence-electron chi connectivity index (χ1n) is 7.22. The standard InChI is InChI=1S/C15H19F3N2O2.ClH/c16-15(17,18)12-2-1-3-13(8-12)22-7-6-20-14(21)10-19-9-11-4-5-11;/h1-3,8,11,19H,4-7,9-10H2,(H,20,21);1H. The monoisotopic (exact) mass is 352 g/mol. The molecule has 1 fully saturated rings. The van der Waals surface area contributed by atoms with Crippen LogP contribution in [0.25, 0.3) is 0 Å². The second-order valence-electron chi connectivity index (χ2n) is 5.30. The number of nitrogens with one attached hydrogen (secondary N) is 2. The van der Waals surface area contributed by atoms with Gasteiger partial charge < -0.3 is 15.4 Å². The van der Waals surface area contributed by atoms with Gasteiger partial charge in [-0.15, -0.1) is 12.4 Å². The molecule has 0 unspecified atom stereocenters. The summed E-state index contributed by atoms with van der Waals surface area (Å²) in [6, 6.07) is 4.67. The molecule has 1 aliphatic carbocycles.